The average molecular weight is 338 g/mol. The molecule has 0 atom stereocenters. The zero-order valence-corrected chi connectivity index (χ0v) is 13.9. The molecule has 0 saturated heterocycles. The molecule has 4 rings (SSSR count). The Labute approximate surface area is 141 Å². The lowest BCUT2D eigenvalue weighted by Crippen LogP contribution is -2.14. The van der Waals surface area contributed by atoms with Crippen molar-refractivity contribution in [2.24, 2.45) is 0 Å². The van der Waals surface area contributed by atoms with Gasteiger partial charge < -0.3 is 0 Å². The first-order valence-electron chi connectivity index (χ1n) is 7.36. The third kappa shape index (κ3) is 2.37. The summed E-state index contributed by atoms with van der Waals surface area (Å²) in [7, 11) is 0. The summed E-state index contributed by atoms with van der Waals surface area (Å²) in [4.78, 5) is 17.6. The smallest absolute Gasteiger partial charge is 0.261 e. The van der Waals surface area contributed by atoms with Crippen LogP contribution in [0.15, 0.2) is 41.9 Å². The number of nitrogens with one attached hydrogen (secondary N) is 1. The van der Waals surface area contributed by atoms with Crippen LogP contribution in [0.25, 0.3) is 10.6 Å². The fourth-order valence-electron chi connectivity index (χ4n) is 2.48. The van der Waals surface area contributed by atoms with Crippen LogP contribution in [0.5, 0.6) is 0 Å². The van der Waals surface area contributed by atoms with Gasteiger partial charge in [0.15, 0.2) is 0 Å². The van der Waals surface area contributed by atoms with Crippen LogP contribution in [0.3, 0.4) is 0 Å². The molecule has 0 unspecified atom stereocenters. The molecule has 24 heavy (non-hydrogen) atoms. The van der Waals surface area contributed by atoms with Gasteiger partial charge >= 0.3 is 0 Å². The molecule has 0 fully saturated rings. The van der Waals surface area contributed by atoms with E-state index in [4.69, 9.17) is 0 Å². The fourth-order valence-corrected chi connectivity index (χ4v) is 3.28. The molecule has 0 spiro atoms. The molecule has 0 aliphatic heterocycles. The van der Waals surface area contributed by atoms with Crippen LogP contribution < -0.4 is 5.32 Å². The molecule has 0 aliphatic carbocycles. The SMILES string of the molecule is Cc1c(C(=O)Nc2nc3scc(C)n3n2)cnn1-c1ccccc1. The van der Waals surface area contributed by atoms with Crippen molar-refractivity contribution >= 4 is 28.2 Å². The quantitative estimate of drug-likeness (QED) is 0.623. The molecular weight excluding hydrogens is 324 g/mol. The van der Waals surface area contributed by atoms with Gasteiger partial charge in [-0.25, -0.2) is 9.20 Å². The van der Waals surface area contributed by atoms with Gasteiger partial charge in [0.1, 0.15) is 0 Å². The van der Waals surface area contributed by atoms with E-state index in [1.807, 2.05) is 49.6 Å². The van der Waals surface area contributed by atoms with Crippen LogP contribution in [0, 0.1) is 13.8 Å². The molecular formula is C16H14N6OS. The van der Waals surface area contributed by atoms with E-state index in [0.717, 1.165) is 22.0 Å². The molecule has 0 saturated carbocycles. The first-order valence-corrected chi connectivity index (χ1v) is 8.24. The van der Waals surface area contributed by atoms with Crippen molar-refractivity contribution in [1.29, 1.82) is 0 Å². The highest BCUT2D eigenvalue weighted by molar-refractivity contribution is 7.15. The highest BCUT2D eigenvalue weighted by Crippen LogP contribution is 2.17. The van der Waals surface area contributed by atoms with Gasteiger partial charge in [0.2, 0.25) is 4.96 Å². The summed E-state index contributed by atoms with van der Waals surface area (Å²) >= 11 is 1.48. The molecule has 7 nitrogen and oxygen atoms in total. The van der Waals surface area contributed by atoms with E-state index < -0.39 is 0 Å². The number of hydrogen-bond acceptors (Lipinski definition) is 5. The second kappa shape index (κ2) is 5.57. The summed E-state index contributed by atoms with van der Waals surface area (Å²) in [6.07, 6.45) is 1.56. The van der Waals surface area contributed by atoms with Crippen LogP contribution in [0.2, 0.25) is 0 Å². The molecule has 8 heteroatoms. The van der Waals surface area contributed by atoms with Crippen LogP contribution >= 0.6 is 11.3 Å². The number of fused-ring (bicyclic) bond motifs is 1. The fraction of sp³-hybridized carbons (Fsp3) is 0.125. The topological polar surface area (TPSA) is 77.1 Å². The number of nitrogens with zero attached hydrogens (tertiary/aromatic N) is 5. The number of carbonyl (C=O) groups excluding carboxylic acids is 1. The zero-order chi connectivity index (χ0) is 16.7. The Hall–Kier alpha value is -3.00. The molecule has 1 N–H and O–H groups in total. The number of thiazole rings is 1. The Balaban J connectivity index is 1.62. The van der Waals surface area contributed by atoms with Crippen LogP contribution in [0.1, 0.15) is 21.7 Å². The Morgan fingerprint density at radius 2 is 2.00 bits per heavy atom. The van der Waals surface area contributed by atoms with Crippen molar-refractivity contribution in [3.63, 3.8) is 0 Å². The number of amides is 1. The summed E-state index contributed by atoms with van der Waals surface area (Å²) in [6.45, 7) is 3.80. The van der Waals surface area contributed by atoms with E-state index in [1.165, 1.54) is 11.3 Å². The number of aryl methyl sites for hydroxylation is 1. The lowest BCUT2D eigenvalue weighted by atomic mass is 10.2. The molecule has 0 bridgehead atoms. The van der Waals surface area contributed by atoms with Gasteiger partial charge in [0.25, 0.3) is 11.9 Å². The molecule has 4 aromatic rings. The molecule has 1 amide bonds. The van der Waals surface area contributed by atoms with Crippen molar-refractivity contribution in [1.82, 2.24) is 24.4 Å². The van der Waals surface area contributed by atoms with Gasteiger partial charge in [-0.1, -0.05) is 18.2 Å². The van der Waals surface area contributed by atoms with Crippen molar-refractivity contribution in [2.45, 2.75) is 13.8 Å². The molecule has 120 valence electrons. The predicted octanol–water partition coefficient (Wildman–Crippen LogP) is 2.85. The van der Waals surface area contributed by atoms with E-state index in [2.05, 4.69) is 20.5 Å². The van der Waals surface area contributed by atoms with E-state index in [-0.39, 0.29) is 5.91 Å². The van der Waals surface area contributed by atoms with Crippen molar-refractivity contribution in [3.05, 3.63) is 58.9 Å². The molecule has 3 aromatic heterocycles. The zero-order valence-electron chi connectivity index (χ0n) is 13.1. The minimum Gasteiger partial charge on any atom is -0.289 e. The minimum absolute atomic E-state index is 0.273. The van der Waals surface area contributed by atoms with Gasteiger partial charge in [0.05, 0.1) is 28.8 Å². The minimum atomic E-state index is -0.273. The summed E-state index contributed by atoms with van der Waals surface area (Å²) in [6, 6.07) is 9.68. The number of carbonyl (C=O) groups is 1. The largest absolute Gasteiger partial charge is 0.289 e. The Morgan fingerprint density at radius 1 is 1.21 bits per heavy atom. The summed E-state index contributed by atoms with van der Waals surface area (Å²) in [5.74, 6) is 0.0207. The first-order chi connectivity index (χ1) is 11.6. The van der Waals surface area contributed by atoms with E-state index in [1.54, 1.807) is 15.4 Å². The first kappa shape index (κ1) is 14.6. The van der Waals surface area contributed by atoms with Gasteiger partial charge in [0, 0.05) is 5.38 Å². The monoisotopic (exact) mass is 338 g/mol. The molecule has 0 radical (unpaired) electrons. The van der Waals surface area contributed by atoms with Crippen molar-refractivity contribution < 1.29 is 4.79 Å². The van der Waals surface area contributed by atoms with Crippen molar-refractivity contribution in [3.8, 4) is 5.69 Å². The third-order valence-corrected chi connectivity index (χ3v) is 4.66. The standard InChI is InChI=1S/C16H14N6OS/c1-10-9-24-16-19-15(20-21(10)16)18-14(23)13-8-17-22(11(13)2)12-6-4-3-5-7-12/h3-9H,1-2H3,(H,18,20,23). The summed E-state index contributed by atoms with van der Waals surface area (Å²) < 4.78 is 3.44. The lowest BCUT2D eigenvalue weighted by Gasteiger charge is -2.05. The van der Waals surface area contributed by atoms with Gasteiger partial charge in [-0.2, -0.15) is 10.1 Å². The summed E-state index contributed by atoms with van der Waals surface area (Å²) in [5.41, 5.74) is 3.14. The Kier molecular flexibility index (Phi) is 3.39. The third-order valence-electron chi connectivity index (χ3n) is 3.73. The van der Waals surface area contributed by atoms with Gasteiger partial charge in [-0.15, -0.1) is 16.4 Å². The number of hydrogen-bond donors (Lipinski definition) is 1. The molecule has 0 aliphatic rings. The van der Waals surface area contributed by atoms with Gasteiger partial charge in [-0.3, -0.25) is 10.1 Å². The van der Waals surface area contributed by atoms with Crippen molar-refractivity contribution in [2.75, 3.05) is 5.32 Å². The van der Waals surface area contributed by atoms with E-state index in [9.17, 15) is 4.79 Å². The van der Waals surface area contributed by atoms with Gasteiger partial charge in [-0.05, 0) is 26.0 Å². The lowest BCUT2D eigenvalue weighted by molar-refractivity contribution is 0.102. The normalized spacial score (nSPS) is 11.1. The highest BCUT2D eigenvalue weighted by atomic mass is 32.1. The number of para-hydroxylation sites is 1. The van der Waals surface area contributed by atoms with Crippen LogP contribution in [-0.4, -0.2) is 30.3 Å². The average Bonchev–Trinajstić information content (AvgIpc) is 3.25. The molecule has 1 aromatic carbocycles. The van der Waals surface area contributed by atoms with E-state index >= 15 is 0 Å². The van der Waals surface area contributed by atoms with Crippen LogP contribution in [-0.2, 0) is 0 Å². The number of rotatable bonds is 3. The maximum absolute atomic E-state index is 12.5. The number of anilines is 1. The Bertz CT molecular complexity index is 1030. The predicted molar refractivity (Wildman–Crippen MR) is 91.9 cm³/mol. The molecule has 3 heterocycles. The van der Waals surface area contributed by atoms with Crippen LogP contribution in [0.4, 0.5) is 5.95 Å². The second-order valence-electron chi connectivity index (χ2n) is 5.35. The maximum atomic E-state index is 12.5. The second-order valence-corrected chi connectivity index (χ2v) is 6.19. The summed E-state index contributed by atoms with van der Waals surface area (Å²) in [5, 5.41) is 13.3. The number of aromatic nitrogens is 5. The maximum Gasteiger partial charge on any atom is 0.261 e. The Morgan fingerprint density at radius 3 is 2.75 bits per heavy atom. The number of benzene rings is 1. The van der Waals surface area contributed by atoms with E-state index in [0.29, 0.717) is 11.5 Å². The highest BCUT2D eigenvalue weighted by Gasteiger charge is 2.17.